The number of nitrogens with two attached hydrogens (primary N) is 1. The number of ether oxygens (including phenoxy) is 1. The van der Waals surface area contributed by atoms with Crippen molar-refractivity contribution >= 4 is 15.9 Å². The molecule has 1 heterocycles. The molecule has 31 heavy (non-hydrogen) atoms. The van der Waals surface area contributed by atoms with Gasteiger partial charge in [-0.1, -0.05) is 12.1 Å². The van der Waals surface area contributed by atoms with Crippen molar-refractivity contribution in [2.24, 2.45) is 5.14 Å². The first-order valence-corrected chi connectivity index (χ1v) is 10.3. The van der Waals surface area contributed by atoms with Gasteiger partial charge in [0.1, 0.15) is 5.75 Å². The van der Waals surface area contributed by atoms with Gasteiger partial charge in [0.05, 0.1) is 16.2 Å². The number of hydrogen-bond acceptors (Lipinski definition) is 5. The van der Waals surface area contributed by atoms with Gasteiger partial charge in [0.25, 0.3) is 5.91 Å². The van der Waals surface area contributed by atoms with E-state index in [4.69, 9.17) is 5.14 Å². The minimum Gasteiger partial charge on any atom is -0.406 e. The largest absolute Gasteiger partial charge is 0.573 e. The molecule has 0 spiro atoms. The van der Waals surface area contributed by atoms with E-state index < -0.39 is 22.3 Å². The molecule has 3 rings (SSSR count). The second-order valence-electron chi connectivity index (χ2n) is 6.38. The van der Waals surface area contributed by atoms with E-state index in [0.29, 0.717) is 16.8 Å². The van der Waals surface area contributed by atoms with Crippen molar-refractivity contribution < 1.29 is 31.1 Å². The number of pyridine rings is 1. The van der Waals surface area contributed by atoms with Gasteiger partial charge in [-0.2, -0.15) is 0 Å². The van der Waals surface area contributed by atoms with Gasteiger partial charge in [-0.25, -0.2) is 13.6 Å². The third kappa shape index (κ3) is 6.27. The smallest absolute Gasteiger partial charge is 0.406 e. The van der Waals surface area contributed by atoms with Gasteiger partial charge >= 0.3 is 6.36 Å². The molecule has 1 amide bonds. The maximum atomic E-state index is 12.3. The zero-order valence-electron chi connectivity index (χ0n) is 15.8. The molecule has 0 fully saturated rings. The summed E-state index contributed by atoms with van der Waals surface area (Å²) in [6, 6.07) is 14.1. The Labute approximate surface area is 175 Å². The number of rotatable bonds is 6. The van der Waals surface area contributed by atoms with Crippen LogP contribution in [0.3, 0.4) is 0 Å². The molecule has 0 aliphatic rings. The zero-order chi connectivity index (χ0) is 22.6. The van der Waals surface area contributed by atoms with Crippen molar-refractivity contribution in [1.82, 2.24) is 10.3 Å². The number of sulfonamides is 1. The Hall–Kier alpha value is -3.44. The molecule has 0 bridgehead atoms. The van der Waals surface area contributed by atoms with Crippen molar-refractivity contribution in [3.8, 4) is 17.0 Å². The SMILES string of the molecule is NS(=O)(=O)c1ccc(CNC(=O)c2ccc(-c3ccc(OC(F)(F)F)cc3)nc2)cc1. The van der Waals surface area contributed by atoms with E-state index in [-0.39, 0.29) is 22.8 Å². The predicted molar refractivity (Wildman–Crippen MR) is 105 cm³/mol. The second-order valence-corrected chi connectivity index (χ2v) is 7.94. The molecule has 7 nitrogen and oxygen atoms in total. The third-order valence-electron chi connectivity index (χ3n) is 4.11. The van der Waals surface area contributed by atoms with Crippen LogP contribution in [0.2, 0.25) is 0 Å². The number of carbonyl (C=O) groups excluding carboxylic acids is 1. The van der Waals surface area contributed by atoms with E-state index in [1.807, 2.05) is 0 Å². The molecule has 0 aliphatic heterocycles. The van der Waals surface area contributed by atoms with E-state index in [1.165, 1.54) is 60.8 Å². The highest BCUT2D eigenvalue weighted by molar-refractivity contribution is 7.89. The van der Waals surface area contributed by atoms with Crippen molar-refractivity contribution in [3.05, 3.63) is 78.0 Å². The highest BCUT2D eigenvalue weighted by atomic mass is 32.2. The first-order chi connectivity index (χ1) is 14.5. The summed E-state index contributed by atoms with van der Waals surface area (Å²) in [5.41, 5.74) is 1.97. The number of hydrogen-bond donors (Lipinski definition) is 2. The lowest BCUT2D eigenvalue weighted by Gasteiger charge is -2.09. The van der Waals surface area contributed by atoms with Crippen LogP contribution in [0.4, 0.5) is 13.2 Å². The zero-order valence-corrected chi connectivity index (χ0v) is 16.6. The summed E-state index contributed by atoms with van der Waals surface area (Å²) in [5, 5.41) is 7.71. The fourth-order valence-corrected chi connectivity index (χ4v) is 3.12. The average molecular weight is 451 g/mol. The second kappa shape index (κ2) is 8.74. The Balaban J connectivity index is 1.61. The topological polar surface area (TPSA) is 111 Å². The molecular formula is C20H16F3N3O4S. The molecule has 0 aliphatic carbocycles. The van der Waals surface area contributed by atoms with Crippen LogP contribution in [0.25, 0.3) is 11.3 Å². The quantitative estimate of drug-likeness (QED) is 0.598. The fourth-order valence-electron chi connectivity index (χ4n) is 2.61. The van der Waals surface area contributed by atoms with Crippen LogP contribution in [-0.4, -0.2) is 25.7 Å². The van der Waals surface area contributed by atoms with Crippen molar-refractivity contribution in [2.75, 3.05) is 0 Å². The Morgan fingerprint density at radius 1 is 1.00 bits per heavy atom. The molecule has 11 heteroatoms. The van der Waals surface area contributed by atoms with Crippen LogP contribution in [0.15, 0.2) is 71.8 Å². The molecule has 0 saturated carbocycles. The minimum absolute atomic E-state index is 0.0274. The number of alkyl halides is 3. The number of carbonyl (C=O) groups is 1. The number of benzene rings is 2. The van der Waals surface area contributed by atoms with E-state index in [9.17, 15) is 26.4 Å². The number of halogens is 3. The Morgan fingerprint density at radius 2 is 1.65 bits per heavy atom. The van der Waals surface area contributed by atoms with E-state index in [1.54, 1.807) is 6.07 Å². The van der Waals surface area contributed by atoms with Crippen LogP contribution in [0.5, 0.6) is 5.75 Å². The van der Waals surface area contributed by atoms with E-state index in [2.05, 4.69) is 15.0 Å². The summed E-state index contributed by atoms with van der Waals surface area (Å²) < 4.78 is 63.0. The summed E-state index contributed by atoms with van der Waals surface area (Å²) >= 11 is 0. The lowest BCUT2D eigenvalue weighted by Crippen LogP contribution is -2.23. The number of nitrogens with zero attached hydrogens (tertiary/aromatic N) is 1. The van der Waals surface area contributed by atoms with Crippen LogP contribution in [-0.2, 0) is 16.6 Å². The molecule has 1 aromatic heterocycles. The van der Waals surface area contributed by atoms with Crippen molar-refractivity contribution in [2.45, 2.75) is 17.8 Å². The first-order valence-electron chi connectivity index (χ1n) is 8.73. The fraction of sp³-hybridized carbons (Fsp3) is 0.100. The average Bonchev–Trinajstić information content (AvgIpc) is 2.71. The van der Waals surface area contributed by atoms with Gasteiger partial charge in [-0.15, -0.1) is 13.2 Å². The van der Waals surface area contributed by atoms with Crippen molar-refractivity contribution in [3.63, 3.8) is 0 Å². The van der Waals surface area contributed by atoms with Crippen molar-refractivity contribution in [1.29, 1.82) is 0 Å². The maximum absolute atomic E-state index is 12.3. The lowest BCUT2D eigenvalue weighted by molar-refractivity contribution is -0.274. The molecule has 0 radical (unpaired) electrons. The normalized spacial score (nSPS) is 11.7. The first kappa shape index (κ1) is 22.2. The summed E-state index contributed by atoms with van der Waals surface area (Å²) in [6.45, 7) is 0.159. The third-order valence-corrected chi connectivity index (χ3v) is 5.04. The van der Waals surface area contributed by atoms with Gasteiger partial charge in [-0.05, 0) is 54.1 Å². The van der Waals surface area contributed by atoms with Gasteiger partial charge in [0.15, 0.2) is 0 Å². The lowest BCUT2D eigenvalue weighted by atomic mass is 10.1. The summed E-state index contributed by atoms with van der Waals surface area (Å²) in [5.74, 6) is -0.743. The van der Waals surface area contributed by atoms with Gasteiger partial charge in [0, 0.05) is 18.3 Å². The Morgan fingerprint density at radius 3 is 2.16 bits per heavy atom. The van der Waals surface area contributed by atoms with Crippen LogP contribution < -0.4 is 15.2 Å². The van der Waals surface area contributed by atoms with Gasteiger partial charge < -0.3 is 10.1 Å². The highest BCUT2D eigenvalue weighted by Gasteiger charge is 2.30. The molecule has 3 N–H and O–H groups in total. The van der Waals surface area contributed by atoms with E-state index >= 15 is 0 Å². The molecule has 0 saturated heterocycles. The monoisotopic (exact) mass is 451 g/mol. The van der Waals surface area contributed by atoms with Crippen LogP contribution in [0, 0.1) is 0 Å². The number of primary sulfonamides is 1. The molecule has 162 valence electrons. The highest BCUT2D eigenvalue weighted by Crippen LogP contribution is 2.25. The summed E-state index contributed by atoms with van der Waals surface area (Å²) in [7, 11) is -3.78. The summed E-state index contributed by atoms with van der Waals surface area (Å²) in [6.07, 6.45) is -3.42. The maximum Gasteiger partial charge on any atom is 0.573 e. The number of nitrogens with one attached hydrogen (secondary N) is 1. The Kier molecular flexibility index (Phi) is 6.27. The van der Waals surface area contributed by atoms with Gasteiger partial charge in [-0.3, -0.25) is 9.78 Å². The predicted octanol–water partition coefficient (Wildman–Crippen LogP) is 3.22. The number of aromatic nitrogens is 1. The molecule has 0 atom stereocenters. The summed E-state index contributed by atoms with van der Waals surface area (Å²) in [4.78, 5) is 16.4. The standard InChI is InChI=1S/C20H16F3N3O4S/c21-20(22,23)30-16-6-3-14(4-7-16)18-10-5-15(12-25-18)19(27)26-11-13-1-8-17(9-2-13)31(24,28)29/h1-10,12H,11H2,(H,26,27)(H2,24,28,29). The van der Waals surface area contributed by atoms with E-state index in [0.717, 1.165) is 0 Å². The Bertz CT molecular complexity index is 1160. The van der Waals surface area contributed by atoms with Crippen LogP contribution >= 0.6 is 0 Å². The number of amides is 1. The molecule has 0 unspecified atom stereocenters. The molecular weight excluding hydrogens is 435 g/mol. The van der Waals surface area contributed by atoms with Gasteiger partial charge in [0.2, 0.25) is 10.0 Å². The molecule has 3 aromatic rings. The minimum atomic E-state index is -4.76. The van der Waals surface area contributed by atoms with Crippen LogP contribution in [0.1, 0.15) is 15.9 Å². The molecule has 2 aromatic carbocycles.